The van der Waals surface area contributed by atoms with Crippen molar-refractivity contribution in [2.45, 2.75) is 49.8 Å². The molecule has 0 atom stereocenters. The summed E-state index contributed by atoms with van der Waals surface area (Å²) in [5.74, 6) is 0. The van der Waals surface area contributed by atoms with Gasteiger partial charge in [0.1, 0.15) is 0 Å². The lowest BCUT2D eigenvalue weighted by Crippen LogP contribution is -2.62. The molecule has 5 nitrogen and oxygen atoms in total. The van der Waals surface area contributed by atoms with Crippen LogP contribution in [0.5, 0.6) is 0 Å². The molecule has 2 aromatic heterocycles. The van der Waals surface area contributed by atoms with E-state index in [-0.39, 0.29) is 0 Å². The van der Waals surface area contributed by atoms with E-state index in [1.165, 1.54) is 10.8 Å². The molecular weight excluding hydrogens is 910 g/mol. The number of para-hydroxylation sites is 4. The summed E-state index contributed by atoms with van der Waals surface area (Å²) in [6.45, 7) is 10.4. The van der Waals surface area contributed by atoms with Gasteiger partial charge in [-0.1, -0.05) is 178 Å². The molecule has 0 unspecified atom stereocenters. The van der Waals surface area contributed by atoms with Crippen molar-refractivity contribution < 1.29 is 8.42 Å². The van der Waals surface area contributed by atoms with Crippen molar-refractivity contribution in [3.63, 3.8) is 0 Å². The number of fused-ring (bicyclic) bond motifs is 10. The topological polar surface area (TPSA) is 47.2 Å². The fourth-order valence-electron chi connectivity index (χ4n) is 12.5. The van der Waals surface area contributed by atoms with Crippen molar-refractivity contribution >= 4 is 93.6 Å². The summed E-state index contributed by atoms with van der Waals surface area (Å²) < 4.78 is 37.2. The van der Waals surface area contributed by atoms with E-state index in [0.29, 0.717) is 9.79 Å². The summed E-state index contributed by atoms with van der Waals surface area (Å²) in [4.78, 5) is 3.19. The molecule has 0 bridgehead atoms. The normalized spacial score (nSPS) is 13.7. The molecule has 7 heteroatoms. The Hall–Kier alpha value is -8.39. The van der Waals surface area contributed by atoms with Gasteiger partial charge in [0.05, 0.1) is 48.9 Å². The molecule has 10 aromatic carbocycles. The van der Waals surface area contributed by atoms with Crippen LogP contribution in [-0.2, 0) is 15.3 Å². The van der Waals surface area contributed by atoms with Gasteiger partial charge in [-0.15, -0.1) is 0 Å². The summed E-state index contributed by atoms with van der Waals surface area (Å²) in [7, 11) is -4.13. The molecule has 350 valence electrons. The van der Waals surface area contributed by atoms with E-state index < -0.39 is 22.0 Å². The molecule has 2 aliphatic rings. The largest absolute Gasteiger partial charge is 0.310 e. The van der Waals surface area contributed by atoms with Crippen LogP contribution in [-0.4, -0.2) is 24.3 Å². The second kappa shape index (κ2) is 15.8. The van der Waals surface area contributed by atoms with Crippen molar-refractivity contribution in [3.8, 4) is 33.6 Å². The molecular formula is C66H50BN3O2S. The van der Waals surface area contributed by atoms with E-state index in [2.05, 4.69) is 248 Å². The van der Waals surface area contributed by atoms with Gasteiger partial charge in [0, 0.05) is 38.5 Å². The van der Waals surface area contributed by atoms with Gasteiger partial charge < -0.3 is 14.0 Å². The van der Waals surface area contributed by atoms with E-state index in [4.69, 9.17) is 0 Å². The van der Waals surface area contributed by atoms with Crippen molar-refractivity contribution in [1.82, 2.24) is 9.13 Å². The monoisotopic (exact) mass is 959 g/mol. The Morgan fingerprint density at radius 1 is 0.425 bits per heavy atom. The highest BCUT2D eigenvalue weighted by atomic mass is 32.2. The second-order valence-corrected chi connectivity index (χ2v) is 22.8. The van der Waals surface area contributed by atoms with Gasteiger partial charge in [-0.2, -0.15) is 0 Å². The molecule has 14 rings (SSSR count). The third-order valence-corrected chi connectivity index (χ3v) is 17.8. The zero-order valence-electron chi connectivity index (χ0n) is 41.4. The minimum atomic E-state index is -4.13. The van der Waals surface area contributed by atoms with Crippen LogP contribution >= 0.6 is 0 Å². The quantitative estimate of drug-likeness (QED) is 0.162. The summed E-state index contributed by atoms with van der Waals surface area (Å²) in [6, 6.07) is 75.3. The zero-order valence-corrected chi connectivity index (χ0v) is 42.2. The molecule has 73 heavy (non-hydrogen) atoms. The molecule has 0 amide bonds. The Morgan fingerprint density at radius 2 is 0.904 bits per heavy atom. The highest BCUT2D eigenvalue weighted by Crippen LogP contribution is 2.49. The molecule has 0 radical (unpaired) electrons. The van der Waals surface area contributed by atoms with Crippen LogP contribution in [0.15, 0.2) is 222 Å². The number of anilines is 3. The van der Waals surface area contributed by atoms with Gasteiger partial charge in [-0.05, 0) is 124 Å². The average Bonchev–Trinajstić information content (AvgIpc) is 3.93. The van der Waals surface area contributed by atoms with Crippen LogP contribution in [0, 0.1) is 13.8 Å². The Kier molecular flexibility index (Phi) is 9.40. The van der Waals surface area contributed by atoms with Crippen LogP contribution in [0.2, 0.25) is 0 Å². The first kappa shape index (κ1) is 43.4. The van der Waals surface area contributed by atoms with Gasteiger partial charge in [-0.3, -0.25) is 0 Å². The summed E-state index contributed by atoms with van der Waals surface area (Å²) in [6.07, 6.45) is 0. The predicted molar refractivity (Wildman–Crippen MR) is 305 cm³/mol. The Bertz CT molecular complexity index is 4310. The first-order chi connectivity index (χ1) is 35.5. The lowest BCUT2D eigenvalue weighted by Gasteiger charge is -2.43. The van der Waals surface area contributed by atoms with Gasteiger partial charge in [0.15, 0.2) is 0 Å². The molecule has 0 saturated heterocycles. The van der Waals surface area contributed by atoms with Crippen LogP contribution in [0.1, 0.15) is 37.5 Å². The minimum absolute atomic E-state index is 0.371. The van der Waals surface area contributed by atoms with E-state index in [0.717, 1.165) is 117 Å². The molecule has 0 fully saturated rings. The number of hydrogen-bond acceptors (Lipinski definition) is 3. The highest BCUT2D eigenvalue weighted by molar-refractivity contribution is 7.92. The second-order valence-electron chi connectivity index (χ2n) is 20.9. The van der Waals surface area contributed by atoms with E-state index in [9.17, 15) is 0 Å². The number of rotatable bonds is 5. The minimum Gasteiger partial charge on any atom is -0.310 e. The van der Waals surface area contributed by atoms with E-state index in [1.54, 1.807) is 0 Å². The molecule has 0 saturated carbocycles. The number of hydrogen-bond donors (Lipinski definition) is 0. The molecule has 12 aromatic rings. The van der Waals surface area contributed by atoms with Gasteiger partial charge >= 0.3 is 0 Å². The summed E-state index contributed by atoms with van der Waals surface area (Å²) in [5, 5.41) is 4.65. The smallest absolute Gasteiger partial charge is 0.250 e. The van der Waals surface area contributed by atoms with Crippen LogP contribution < -0.4 is 21.3 Å². The average molecular weight is 960 g/mol. The first-order valence-electron chi connectivity index (χ1n) is 25.2. The van der Waals surface area contributed by atoms with Gasteiger partial charge in [-0.25, -0.2) is 8.42 Å². The number of nitrogens with zero attached hydrogens (tertiary/aromatic N) is 3. The lowest BCUT2D eigenvalue weighted by molar-refractivity contribution is 0.584. The van der Waals surface area contributed by atoms with Crippen molar-refractivity contribution in [2.75, 3.05) is 4.90 Å². The summed E-state index contributed by atoms with van der Waals surface area (Å²) >= 11 is 0. The third-order valence-electron chi connectivity index (χ3n) is 15.8. The standard InChI is InChI=1S/C66H50BN3O2S/c1-41-54(68-56-28-16-12-24-48(56)49-25-13-17-29-57(49)68)36-34-52-64(41)70(60-38-45(43-20-8-6-9-21-43)32-33-47(60)44-22-10-7-11-23-44)61-39-46(66(3,4)5)40-62-63(61)67(52)53-35-37-55(42(2)65(53)73(62,71)72)69-58-30-18-14-26-50(58)51-27-15-19-31-59(51)69/h6-40H,1-5H3. The van der Waals surface area contributed by atoms with Gasteiger partial charge in [0.2, 0.25) is 16.6 Å². The Morgan fingerprint density at radius 3 is 1.44 bits per heavy atom. The van der Waals surface area contributed by atoms with E-state index >= 15 is 8.42 Å². The van der Waals surface area contributed by atoms with Crippen molar-refractivity contribution in [2.24, 2.45) is 0 Å². The fraction of sp³-hybridized carbons (Fsp3) is 0.0909. The number of sulfone groups is 1. The molecule has 4 heterocycles. The Balaban J connectivity index is 1.13. The van der Waals surface area contributed by atoms with Gasteiger partial charge in [0.25, 0.3) is 0 Å². The van der Waals surface area contributed by atoms with Crippen LogP contribution in [0.4, 0.5) is 17.1 Å². The van der Waals surface area contributed by atoms with Crippen LogP contribution in [0.3, 0.4) is 0 Å². The zero-order chi connectivity index (χ0) is 49.5. The molecule has 2 aliphatic heterocycles. The highest BCUT2D eigenvalue weighted by Gasteiger charge is 2.48. The predicted octanol–water partition coefficient (Wildman–Crippen LogP) is 14.6. The fourth-order valence-corrected chi connectivity index (χ4v) is 14.5. The number of benzene rings is 10. The van der Waals surface area contributed by atoms with Crippen LogP contribution in [0.25, 0.3) is 77.2 Å². The number of aromatic nitrogens is 2. The first-order valence-corrected chi connectivity index (χ1v) is 26.7. The molecule has 0 aliphatic carbocycles. The maximum Gasteiger partial charge on any atom is 0.250 e. The summed E-state index contributed by atoms with van der Waals surface area (Å²) in [5.41, 5.74) is 18.5. The maximum absolute atomic E-state index is 16.3. The lowest BCUT2D eigenvalue weighted by atomic mass is 9.34. The van der Waals surface area contributed by atoms with E-state index in [1.807, 2.05) is 13.0 Å². The Labute approximate surface area is 426 Å². The molecule has 0 spiro atoms. The SMILES string of the molecule is Cc1c(-n2c3ccccc3c3ccccc32)ccc2c1N(c1cc(-c3ccccc3)ccc1-c1ccccc1)c1cc(C(C)(C)C)cc3c1B2c1ccc(-n2c4ccccc4c4ccccc42)c(C)c1S3(=O)=O. The van der Waals surface area contributed by atoms with Crippen molar-refractivity contribution in [3.05, 3.63) is 229 Å². The third kappa shape index (κ3) is 6.25. The van der Waals surface area contributed by atoms with Crippen molar-refractivity contribution in [1.29, 1.82) is 0 Å². The molecule has 0 N–H and O–H groups in total. The maximum atomic E-state index is 16.3.